The van der Waals surface area contributed by atoms with Crippen LogP contribution in [0.1, 0.15) is 21.5 Å². The zero-order valence-electron chi connectivity index (χ0n) is 12.3. The molecule has 1 aliphatic heterocycles. The molecule has 2 aromatic carbocycles. The molecule has 0 aromatic heterocycles. The lowest BCUT2D eigenvalue weighted by Crippen LogP contribution is -2.59. The summed E-state index contributed by atoms with van der Waals surface area (Å²) in [6.45, 7) is 1.90. The molecule has 0 radical (unpaired) electrons. The molecule has 2 atom stereocenters. The van der Waals surface area contributed by atoms with Gasteiger partial charge >= 0.3 is 6.03 Å². The Kier molecular flexibility index (Phi) is 2.53. The van der Waals surface area contributed by atoms with E-state index in [-0.39, 0.29) is 11.1 Å². The molecule has 2 aliphatic rings. The van der Waals surface area contributed by atoms with Gasteiger partial charge in [-0.1, -0.05) is 42.0 Å². The Bertz CT molecular complexity index is 848. The standard InChI is InChI=1S/C17H14N2O4/c1-10-6-8-11(9-7-10)19-15(21)18-16(22)14(20)12-4-2-3-5-13(12)17(16,19)23/h2-9,22-23H,1H3,(H,18,21)/t16-,17+/m1/s1. The first-order valence-corrected chi connectivity index (χ1v) is 7.17. The van der Waals surface area contributed by atoms with Gasteiger partial charge in [-0.3, -0.25) is 15.0 Å². The number of amides is 2. The average molecular weight is 310 g/mol. The van der Waals surface area contributed by atoms with Crippen molar-refractivity contribution in [1.29, 1.82) is 0 Å². The molecule has 1 aliphatic carbocycles. The Labute approximate surface area is 132 Å². The first kappa shape index (κ1) is 13.9. The molecule has 23 heavy (non-hydrogen) atoms. The van der Waals surface area contributed by atoms with Crippen LogP contribution in [0, 0.1) is 6.92 Å². The summed E-state index contributed by atoms with van der Waals surface area (Å²) in [6, 6.07) is 12.5. The third kappa shape index (κ3) is 1.49. The third-order valence-electron chi connectivity index (χ3n) is 4.49. The number of fused-ring (bicyclic) bond motifs is 3. The van der Waals surface area contributed by atoms with E-state index >= 15 is 0 Å². The van der Waals surface area contributed by atoms with Crippen molar-refractivity contribution in [2.75, 3.05) is 4.90 Å². The number of benzene rings is 2. The van der Waals surface area contributed by atoms with Crippen molar-refractivity contribution < 1.29 is 19.8 Å². The Morgan fingerprint density at radius 1 is 1.00 bits per heavy atom. The van der Waals surface area contributed by atoms with Crippen LogP contribution in [0.5, 0.6) is 0 Å². The van der Waals surface area contributed by atoms with E-state index in [9.17, 15) is 19.8 Å². The van der Waals surface area contributed by atoms with E-state index in [2.05, 4.69) is 5.32 Å². The summed E-state index contributed by atoms with van der Waals surface area (Å²) in [4.78, 5) is 25.9. The van der Waals surface area contributed by atoms with Gasteiger partial charge in [-0.2, -0.15) is 0 Å². The number of Topliss-reactive ketones (excluding diaryl/α,β-unsaturated/α-hetero) is 1. The summed E-state index contributed by atoms with van der Waals surface area (Å²) in [6.07, 6.45) is 0. The molecule has 3 N–H and O–H groups in total. The Balaban J connectivity index is 1.98. The number of urea groups is 1. The molecule has 0 spiro atoms. The lowest BCUT2D eigenvalue weighted by atomic mass is 9.98. The monoisotopic (exact) mass is 310 g/mol. The summed E-state index contributed by atoms with van der Waals surface area (Å²) < 4.78 is 0. The van der Waals surface area contributed by atoms with Crippen molar-refractivity contribution in [3.8, 4) is 0 Å². The van der Waals surface area contributed by atoms with Crippen LogP contribution >= 0.6 is 0 Å². The van der Waals surface area contributed by atoms with Crippen LogP contribution in [0.25, 0.3) is 0 Å². The van der Waals surface area contributed by atoms with Gasteiger partial charge < -0.3 is 10.2 Å². The number of rotatable bonds is 1. The van der Waals surface area contributed by atoms with Gasteiger partial charge in [0.2, 0.25) is 11.5 Å². The van der Waals surface area contributed by atoms with Crippen LogP contribution in [0.4, 0.5) is 10.5 Å². The normalized spacial score (nSPS) is 28.6. The van der Waals surface area contributed by atoms with Gasteiger partial charge in [0.05, 0.1) is 0 Å². The second-order valence-corrected chi connectivity index (χ2v) is 5.86. The molecule has 116 valence electrons. The maximum absolute atomic E-state index is 12.5. The van der Waals surface area contributed by atoms with Gasteiger partial charge in [0.1, 0.15) is 0 Å². The van der Waals surface area contributed by atoms with Crippen LogP contribution in [0.15, 0.2) is 48.5 Å². The number of carbonyl (C=O) groups is 2. The van der Waals surface area contributed by atoms with Gasteiger partial charge in [-0.15, -0.1) is 0 Å². The highest BCUT2D eigenvalue weighted by molar-refractivity contribution is 6.15. The lowest BCUT2D eigenvalue weighted by molar-refractivity contribution is -0.109. The molecular weight excluding hydrogens is 296 g/mol. The van der Waals surface area contributed by atoms with E-state index < -0.39 is 23.3 Å². The number of hydrogen-bond donors (Lipinski definition) is 3. The number of carbonyl (C=O) groups excluding carboxylic acids is 2. The topological polar surface area (TPSA) is 89.9 Å². The number of hydrogen-bond acceptors (Lipinski definition) is 4. The number of anilines is 1. The zero-order valence-corrected chi connectivity index (χ0v) is 12.3. The fraction of sp³-hybridized carbons (Fsp3) is 0.176. The maximum Gasteiger partial charge on any atom is 0.327 e. The molecule has 2 aromatic rings. The number of aliphatic hydroxyl groups is 2. The van der Waals surface area contributed by atoms with E-state index in [1.54, 1.807) is 36.4 Å². The van der Waals surface area contributed by atoms with Crippen LogP contribution in [0.2, 0.25) is 0 Å². The highest BCUT2D eigenvalue weighted by atomic mass is 16.4. The number of aryl methyl sites for hydroxylation is 1. The Morgan fingerprint density at radius 3 is 2.35 bits per heavy atom. The van der Waals surface area contributed by atoms with Crippen molar-refractivity contribution >= 4 is 17.5 Å². The molecule has 0 unspecified atom stereocenters. The molecule has 0 saturated carbocycles. The van der Waals surface area contributed by atoms with Gasteiger partial charge in [0, 0.05) is 16.8 Å². The van der Waals surface area contributed by atoms with Crippen molar-refractivity contribution in [2.24, 2.45) is 0 Å². The van der Waals surface area contributed by atoms with Gasteiger partial charge in [-0.25, -0.2) is 4.79 Å². The SMILES string of the molecule is Cc1ccc(N2C(=O)N[C@@]3(O)C(=O)c4ccccc4[C@@]23O)cc1. The Morgan fingerprint density at radius 2 is 1.65 bits per heavy atom. The second kappa shape index (κ2) is 4.18. The summed E-state index contributed by atoms with van der Waals surface area (Å²) in [5, 5.41) is 24.2. The van der Waals surface area contributed by atoms with E-state index in [1.165, 1.54) is 12.1 Å². The van der Waals surface area contributed by atoms with Gasteiger partial charge in [-0.05, 0) is 19.1 Å². The maximum atomic E-state index is 12.5. The quantitative estimate of drug-likeness (QED) is 0.739. The number of nitrogens with zero attached hydrogens (tertiary/aromatic N) is 1. The highest BCUT2D eigenvalue weighted by Gasteiger charge is 2.72. The first-order valence-electron chi connectivity index (χ1n) is 7.17. The minimum absolute atomic E-state index is 0.189. The predicted molar refractivity (Wildman–Crippen MR) is 81.8 cm³/mol. The minimum Gasteiger partial charge on any atom is -0.362 e. The summed E-state index contributed by atoms with van der Waals surface area (Å²) in [5.41, 5.74) is -2.83. The number of ketones is 1. The number of nitrogens with one attached hydrogen (secondary N) is 1. The molecule has 0 bridgehead atoms. The fourth-order valence-corrected chi connectivity index (χ4v) is 3.31. The van der Waals surface area contributed by atoms with Crippen molar-refractivity contribution in [3.05, 3.63) is 65.2 Å². The molecule has 6 nitrogen and oxygen atoms in total. The first-order chi connectivity index (χ1) is 10.9. The van der Waals surface area contributed by atoms with Crippen molar-refractivity contribution in [2.45, 2.75) is 18.4 Å². The molecule has 2 amide bonds. The van der Waals surface area contributed by atoms with Crippen molar-refractivity contribution in [3.63, 3.8) is 0 Å². The van der Waals surface area contributed by atoms with Gasteiger partial charge in [0.25, 0.3) is 5.72 Å². The molecule has 6 heteroatoms. The smallest absolute Gasteiger partial charge is 0.327 e. The summed E-state index contributed by atoms with van der Waals surface area (Å²) >= 11 is 0. The summed E-state index contributed by atoms with van der Waals surface area (Å²) in [7, 11) is 0. The van der Waals surface area contributed by atoms with Crippen LogP contribution in [0.3, 0.4) is 0 Å². The third-order valence-corrected chi connectivity index (χ3v) is 4.49. The van der Waals surface area contributed by atoms with E-state index in [1.807, 2.05) is 6.92 Å². The molecule has 1 fully saturated rings. The summed E-state index contributed by atoms with van der Waals surface area (Å²) in [5.74, 6) is -0.724. The van der Waals surface area contributed by atoms with E-state index in [0.717, 1.165) is 10.5 Å². The van der Waals surface area contributed by atoms with Crippen LogP contribution in [-0.4, -0.2) is 27.8 Å². The average Bonchev–Trinajstić information content (AvgIpc) is 2.84. The fourth-order valence-electron chi connectivity index (χ4n) is 3.31. The molecule has 1 heterocycles. The minimum atomic E-state index is -2.40. The molecule has 4 rings (SSSR count). The van der Waals surface area contributed by atoms with E-state index in [0.29, 0.717) is 5.69 Å². The van der Waals surface area contributed by atoms with E-state index in [4.69, 9.17) is 0 Å². The van der Waals surface area contributed by atoms with Crippen LogP contribution < -0.4 is 10.2 Å². The molecule has 1 saturated heterocycles. The highest BCUT2D eigenvalue weighted by Crippen LogP contribution is 2.50. The van der Waals surface area contributed by atoms with Gasteiger partial charge in [0.15, 0.2) is 0 Å². The van der Waals surface area contributed by atoms with Crippen LogP contribution in [-0.2, 0) is 5.72 Å². The van der Waals surface area contributed by atoms with Crippen molar-refractivity contribution in [1.82, 2.24) is 5.32 Å². The zero-order chi connectivity index (χ0) is 16.4. The molecular formula is C17H14N2O4. The Hall–Kier alpha value is -2.70. The second-order valence-electron chi connectivity index (χ2n) is 5.86. The lowest BCUT2D eigenvalue weighted by Gasteiger charge is -2.35. The predicted octanol–water partition coefficient (Wildman–Crippen LogP) is 1.25. The largest absolute Gasteiger partial charge is 0.362 e.